The molecular weight excluding hydrogens is 432 g/mol. The van der Waals surface area contributed by atoms with Gasteiger partial charge in [-0.2, -0.15) is 0 Å². The third kappa shape index (κ3) is 3.48. The fourth-order valence-electron chi connectivity index (χ4n) is 3.22. The minimum atomic E-state index is -4.50. The highest BCUT2D eigenvalue weighted by Crippen LogP contribution is 2.39. The molecule has 1 aliphatic heterocycles. The van der Waals surface area contributed by atoms with Crippen LogP contribution in [0.15, 0.2) is 40.4 Å². The molecule has 0 spiro atoms. The van der Waals surface area contributed by atoms with E-state index in [0.717, 1.165) is 0 Å². The fourth-order valence-corrected chi connectivity index (χ4v) is 6.41. The van der Waals surface area contributed by atoms with Gasteiger partial charge in [0.2, 0.25) is 10.0 Å². The summed E-state index contributed by atoms with van der Waals surface area (Å²) in [4.78, 5) is 3.16. The Morgan fingerprint density at radius 3 is 2.47 bits per heavy atom. The number of pyridine rings is 1. The molecule has 30 heavy (non-hydrogen) atoms. The Morgan fingerprint density at radius 1 is 1.13 bits per heavy atom. The third-order valence-electron chi connectivity index (χ3n) is 4.82. The summed E-state index contributed by atoms with van der Waals surface area (Å²) < 4.78 is 51.5. The number of H-pyrrole nitrogens is 1. The van der Waals surface area contributed by atoms with Gasteiger partial charge in [-0.15, -0.1) is 5.10 Å². The maximum Gasteiger partial charge on any atom is 0.240 e. The van der Waals surface area contributed by atoms with Gasteiger partial charge in [0, 0.05) is 43.2 Å². The molecule has 1 aromatic carbocycles. The van der Waals surface area contributed by atoms with Crippen molar-refractivity contribution in [3.63, 3.8) is 0 Å². The molecule has 0 radical (unpaired) electrons. The molecule has 6 N–H and O–H groups in total. The van der Waals surface area contributed by atoms with Gasteiger partial charge < -0.3 is 11.1 Å². The number of sulfone groups is 1. The molecule has 14 heteroatoms. The minimum absolute atomic E-state index is 0.0454. The number of rotatable bonds is 6. The lowest BCUT2D eigenvalue weighted by atomic mass is 9.99. The van der Waals surface area contributed by atoms with Gasteiger partial charge >= 0.3 is 0 Å². The lowest BCUT2D eigenvalue weighted by molar-refractivity contribution is 0.493. The molecule has 0 atom stereocenters. The van der Waals surface area contributed by atoms with Crippen molar-refractivity contribution in [2.75, 3.05) is 13.1 Å². The van der Waals surface area contributed by atoms with Gasteiger partial charge in [0.25, 0.3) is 0 Å². The first-order valence-electron chi connectivity index (χ1n) is 8.76. The summed E-state index contributed by atoms with van der Waals surface area (Å²) in [5.74, 6) is -0.0454. The molecule has 1 aliphatic rings. The number of hydrogen-bond acceptors (Lipinski definition) is 10. The Hall–Kier alpha value is -2.78. The Morgan fingerprint density at radius 2 is 1.90 bits per heavy atom. The second kappa shape index (κ2) is 7.48. The van der Waals surface area contributed by atoms with Crippen molar-refractivity contribution in [1.82, 2.24) is 30.9 Å². The largest absolute Gasteiger partial charge is 0.326 e. The Kier molecular flexibility index (Phi) is 5.11. The Bertz CT molecular complexity index is 1300. The number of nitrogens with one attached hydrogen (secondary N) is 2. The van der Waals surface area contributed by atoms with E-state index in [1.54, 1.807) is 12.3 Å². The molecule has 12 nitrogen and oxygen atoms in total. The second-order valence-electron chi connectivity index (χ2n) is 6.72. The molecule has 0 aliphatic carbocycles. The standard InChI is InChI=1S/C16H18N8O4S2/c17-4-9-3-10(6-19-5-9)12-1-2-13(29(25,26)11-7-20-8-11)15(30(18,27)28)14(12)16-21-23-24-22-16/h1-3,5-6,11,20H,4,7-8,17H2,(H2,18,27,28)(H,21,22,23,24). The highest BCUT2D eigenvalue weighted by Gasteiger charge is 2.38. The van der Waals surface area contributed by atoms with E-state index in [9.17, 15) is 16.8 Å². The topological polar surface area (TPSA) is 200 Å². The van der Waals surface area contributed by atoms with E-state index in [4.69, 9.17) is 10.9 Å². The zero-order chi connectivity index (χ0) is 21.5. The molecule has 2 aromatic heterocycles. The van der Waals surface area contributed by atoms with Gasteiger partial charge in [-0.1, -0.05) is 6.07 Å². The lowest BCUT2D eigenvalue weighted by Crippen LogP contribution is -2.51. The van der Waals surface area contributed by atoms with Gasteiger partial charge in [0.05, 0.1) is 10.1 Å². The minimum Gasteiger partial charge on any atom is -0.326 e. The van der Waals surface area contributed by atoms with Crippen LogP contribution in [0.3, 0.4) is 0 Å². The molecule has 158 valence electrons. The average molecular weight is 451 g/mol. The summed E-state index contributed by atoms with van der Waals surface area (Å²) >= 11 is 0. The summed E-state index contributed by atoms with van der Waals surface area (Å²) in [6.45, 7) is 0.648. The first-order chi connectivity index (χ1) is 14.2. The number of tetrazole rings is 1. The first-order valence-corrected chi connectivity index (χ1v) is 11.9. The predicted octanol–water partition coefficient (Wildman–Crippen LogP) is -1.22. The van der Waals surface area contributed by atoms with Crippen molar-refractivity contribution < 1.29 is 16.8 Å². The Labute approximate surface area is 172 Å². The molecule has 1 fully saturated rings. The van der Waals surface area contributed by atoms with Crippen LogP contribution in [0.4, 0.5) is 0 Å². The molecule has 0 unspecified atom stereocenters. The zero-order valence-corrected chi connectivity index (χ0v) is 17.1. The molecule has 4 rings (SSSR count). The first kappa shape index (κ1) is 20.5. The molecule has 0 bridgehead atoms. The van der Waals surface area contributed by atoms with E-state index in [0.29, 0.717) is 16.7 Å². The quantitative estimate of drug-likeness (QED) is 0.353. The van der Waals surface area contributed by atoms with E-state index in [-0.39, 0.29) is 31.0 Å². The van der Waals surface area contributed by atoms with Crippen molar-refractivity contribution in [2.24, 2.45) is 10.9 Å². The predicted molar refractivity (Wildman–Crippen MR) is 106 cm³/mol. The van der Waals surface area contributed by atoms with Crippen molar-refractivity contribution in [2.45, 2.75) is 21.6 Å². The van der Waals surface area contributed by atoms with Crippen molar-refractivity contribution in [3.05, 3.63) is 36.2 Å². The van der Waals surface area contributed by atoms with Gasteiger partial charge in [0.1, 0.15) is 4.90 Å². The van der Waals surface area contributed by atoms with Crippen molar-refractivity contribution >= 4 is 19.9 Å². The molecular formula is C16H18N8O4S2. The van der Waals surface area contributed by atoms with Crippen LogP contribution in [0.25, 0.3) is 22.5 Å². The SMILES string of the molecule is NCc1cncc(-c2ccc(S(=O)(=O)C3CNC3)c(S(N)(=O)=O)c2-c2nnn[nH]2)c1. The molecule has 1 saturated heterocycles. The van der Waals surface area contributed by atoms with Crippen molar-refractivity contribution in [1.29, 1.82) is 0 Å². The van der Waals surface area contributed by atoms with Crippen LogP contribution in [0, 0.1) is 0 Å². The van der Waals surface area contributed by atoms with Gasteiger partial charge in [-0.3, -0.25) is 4.98 Å². The highest BCUT2D eigenvalue weighted by atomic mass is 32.2. The zero-order valence-electron chi connectivity index (χ0n) is 15.5. The molecule has 0 amide bonds. The fraction of sp³-hybridized carbons (Fsp3) is 0.250. The summed E-state index contributed by atoms with van der Waals surface area (Å²) in [6.07, 6.45) is 3.07. The summed E-state index contributed by atoms with van der Waals surface area (Å²) in [5, 5.41) is 20.9. The lowest BCUT2D eigenvalue weighted by Gasteiger charge is -2.28. The van der Waals surface area contributed by atoms with Gasteiger partial charge in [-0.25, -0.2) is 27.1 Å². The van der Waals surface area contributed by atoms with E-state index < -0.39 is 34.9 Å². The van der Waals surface area contributed by atoms with Crippen LogP contribution in [0.2, 0.25) is 0 Å². The smallest absolute Gasteiger partial charge is 0.240 e. The molecule has 0 saturated carbocycles. The second-order valence-corrected chi connectivity index (χ2v) is 10.4. The van der Waals surface area contributed by atoms with Crippen LogP contribution < -0.4 is 16.2 Å². The van der Waals surface area contributed by atoms with Crippen molar-refractivity contribution in [3.8, 4) is 22.5 Å². The average Bonchev–Trinajstić information content (AvgIpc) is 3.19. The monoisotopic (exact) mass is 450 g/mol. The summed E-state index contributed by atoms with van der Waals surface area (Å²) in [6, 6.07) is 4.44. The molecule has 3 heterocycles. The van der Waals surface area contributed by atoms with Crippen LogP contribution in [0.1, 0.15) is 5.56 Å². The van der Waals surface area contributed by atoms with E-state index in [2.05, 4.69) is 30.9 Å². The summed E-state index contributed by atoms with van der Waals surface area (Å²) in [5.41, 5.74) is 7.18. The van der Waals surface area contributed by atoms with Gasteiger partial charge in [-0.05, 0) is 33.7 Å². The highest BCUT2D eigenvalue weighted by molar-refractivity contribution is 7.94. The maximum absolute atomic E-state index is 13.1. The number of sulfonamides is 1. The Balaban J connectivity index is 2.09. The number of benzene rings is 1. The number of hydrogen-bond donors (Lipinski definition) is 4. The van der Waals surface area contributed by atoms with Crippen LogP contribution in [-0.2, 0) is 26.4 Å². The van der Waals surface area contributed by atoms with E-state index in [1.807, 2.05) is 0 Å². The number of aromatic nitrogens is 5. The number of primary sulfonamides is 1. The van der Waals surface area contributed by atoms with E-state index >= 15 is 0 Å². The normalized spacial score (nSPS) is 15.1. The van der Waals surface area contributed by atoms with Crippen LogP contribution in [0.5, 0.6) is 0 Å². The van der Waals surface area contributed by atoms with E-state index in [1.165, 1.54) is 18.3 Å². The van der Waals surface area contributed by atoms with Crippen LogP contribution in [-0.4, -0.2) is 60.8 Å². The summed E-state index contributed by atoms with van der Waals surface area (Å²) in [7, 11) is -8.48. The molecule has 3 aromatic rings. The van der Waals surface area contributed by atoms with Crippen LogP contribution >= 0.6 is 0 Å². The number of nitrogens with zero attached hydrogens (tertiary/aromatic N) is 4. The third-order valence-corrected chi connectivity index (χ3v) is 8.11. The van der Waals surface area contributed by atoms with Gasteiger partial charge in [0.15, 0.2) is 15.7 Å². The number of nitrogens with two attached hydrogens (primary N) is 2. The number of aromatic amines is 1. The maximum atomic E-state index is 13.1.